The minimum absolute atomic E-state index is 0.364. The van der Waals surface area contributed by atoms with Crippen molar-refractivity contribution < 1.29 is 47.6 Å². The van der Waals surface area contributed by atoms with Gasteiger partial charge < -0.3 is 28.4 Å². The van der Waals surface area contributed by atoms with Crippen LogP contribution in [0.5, 0.6) is 0 Å². The standard InChI is InChI=1S/C27H30O10/c1-16(28)34-23-21(37-27(32-4)25(36-18(3)30)24(23)35-17(2)29)15-33-26(31)22(19-11-7-5-8-12-19)20-13-9-6-10-14-20/h5-14,21-25,27H,15H2,1-4H3/t21-,23-,24+,25-,27+/m1/s1. The van der Waals surface area contributed by atoms with Crippen LogP contribution in [0.3, 0.4) is 0 Å². The topological polar surface area (TPSA) is 124 Å². The third kappa shape index (κ3) is 7.37. The lowest BCUT2D eigenvalue weighted by atomic mass is 9.91. The normalized spacial score (nSPS) is 23.1. The summed E-state index contributed by atoms with van der Waals surface area (Å²) in [6.07, 6.45) is -6.04. The molecular weight excluding hydrogens is 484 g/mol. The SMILES string of the molecule is CO[C@H]1O[C@H](COC(=O)C(c2ccccc2)c2ccccc2)[C@@H](OC(C)=O)[C@H](OC(C)=O)[C@H]1OC(C)=O. The van der Waals surface area contributed by atoms with Crippen LogP contribution in [0.2, 0.25) is 0 Å². The quantitative estimate of drug-likeness (QED) is 0.364. The summed E-state index contributed by atoms with van der Waals surface area (Å²) in [7, 11) is 1.31. The molecule has 10 heteroatoms. The molecule has 0 aliphatic carbocycles. The molecule has 0 radical (unpaired) electrons. The van der Waals surface area contributed by atoms with Gasteiger partial charge in [0.05, 0.1) is 0 Å². The summed E-state index contributed by atoms with van der Waals surface area (Å²) in [5, 5.41) is 0. The maximum atomic E-state index is 13.4. The Kier molecular flexibility index (Phi) is 9.76. The van der Waals surface area contributed by atoms with Crippen LogP contribution in [-0.4, -0.2) is 68.3 Å². The minimum Gasteiger partial charge on any atom is -0.462 e. The first-order valence-electron chi connectivity index (χ1n) is 11.7. The molecule has 5 atom stereocenters. The second kappa shape index (κ2) is 13.0. The van der Waals surface area contributed by atoms with Crippen molar-refractivity contribution in [3.8, 4) is 0 Å². The molecule has 1 aliphatic heterocycles. The molecule has 0 amide bonds. The van der Waals surface area contributed by atoms with E-state index < -0.39 is 60.5 Å². The van der Waals surface area contributed by atoms with Gasteiger partial charge in [-0.1, -0.05) is 60.7 Å². The van der Waals surface area contributed by atoms with E-state index in [1.54, 1.807) is 0 Å². The van der Waals surface area contributed by atoms with Crippen LogP contribution < -0.4 is 0 Å². The summed E-state index contributed by atoms with van der Waals surface area (Å²) in [4.78, 5) is 48.9. The molecule has 2 aromatic carbocycles. The second-order valence-corrected chi connectivity index (χ2v) is 8.39. The fraction of sp³-hybridized carbons (Fsp3) is 0.407. The van der Waals surface area contributed by atoms with Crippen LogP contribution in [-0.2, 0) is 47.6 Å². The van der Waals surface area contributed by atoms with Crippen molar-refractivity contribution in [3.05, 3.63) is 71.8 Å². The summed E-state index contributed by atoms with van der Waals surface area (Å²) in [6, 6.07) is 18.2. The molecule has 0 aromatic heterocycles. The molecule has 0 N–H and O–H groups in total. The zero-order valence-electron chi connectivity index (χ0n) is 21.0. The summed E-state index contributed by atoms with van der Waals surface area (Å²) < 4.78 is 32.9. The smallest absolute Gasteiger partial charge is 0.318 e. The summed E-state index contributed by atoms with van der Waals surface area (Å²) in [5.41, 5.74) is 1.45. The fourth-order valence-corrected chi connectivity index (χ4v) is 4.18. The van der Waals surface area contributed by atoms with Gasteiger partial charge in [-0.15, -0.1) is 0 Å². The Morgan fingerprint density at radius 2 is 1.19 bits per heavy atom. The number of hydrogen-bond donors (Lipinski definition) is 0. The van der Waals surface area contributed by atoms with Crippen LogP contribution >= 0.6 is 0 Å². The molecule has 1 fully saturated rings. The molecule has 1 heterocycles. The van der Waals surface area contributed by atoms with Crippen LogP contribution in [0.4, 0.5) is 0 Å². The van der Waals surface area contributed by atoms with Gasteiger partial charge in [0.1, 0.15) is 18.6 Å². The zero-order chi connectivity index (χ0) is 26.9. The van der Waals surface area contributed by atoms with E-state index in [1.165, 1.54) is 14.0 Å². The van der Waals surface area contributed by atoms with E-state index in [2.05, 4.69) is 0 Å². The predicted octanol–water partition coefficient (Wildman–Crippen LogP) is 2.53. The minimum atomic E-state index is -1.27. The van der Waals surface area contributed by atoms with Gasteiger partial charge in [-0.25, -0.2) is 0 Å². The molecule has 1 aliphatic rings. The first-order chi connectivity index (χ1) is 17.7. The fourth-order valence-electron chi connectivity index (χ4n) is 4.18. The second-order valence-electron chi connectivity index (χ2n) is 8.39. The molecule has 0 unspecified atom stereocenters. The van der Waals surface area contributed by atoms with Crippen LogP contribution in [0, 0.1) is 0 Å². The zero-order valence-corrected chi connectivity index (χ0v) is 21.0. The van der Waals surface area contributed by atoms with E-state index in [-0.39, 0.29) is 6.61 Å². The highest BCUT2D eigenvalue weighted by Gasteiger charge is 2.52. The number of carbonyl (C=O) groups is 4. The van der Waals surface area contributed by atoms with E-state index in [9.17, 15) is 19.2 Å². The number of rotatable bonds is 9. The Morgan fingerprint density at radius 1 is 0.730 bits per heavy atom. The van der Waals surface area contributed by atoms with Gasteiger partial charge >= 0.3 is 23.9 Å². The first kappa shape index (κ1) is 27.8. The molecule has 0 bridgehead atoms. The summed E-state index contributed by atoms with van der Waals surface area (Å²) in [6.45, 7) is 3.13. The van der Waals surface area contributed by atoms with Crippen LogP contribution in [0.25, 0.3) is 0 Å². The van der Waals surface area contributed by atoms with E-state index in [0.717, 1.165) is 25.0 Å². The Labute approximate surface area is 214 Å². The van der Waals surface area contributed by atoms with Crippen molar-refractivity contribution in [2.75, 3.05) is 13.7 Å². The first-order valence-corrected chi connectivity index (χ1v) is 11.7. The third-order valence-corrected chi connectivity index (χ3v) is 5.62. The molecule has 10 nitrogen and oxygen atoms in total. The van der Waals surface area contributed by atoms with Gasteiger partial charge in [0.25, 0.3) is 0 Å². The maximum Gasteiger partial charge on any atom is 0.318 e. The highest BCUT2D eigenvalue weighted by Crippen LogP contribution is 2.31. The van der Waals surface area contributed by atoms with E-state index in [0.29, 0.717) is 0 Å². The molecule has 198 valence electrons. The predicted molar refractivity (Wildman–Crippen MR) is 128 cm³/mol. The summed E-state index contributed by atoms with van der Waals surface area (Å²) >= 11 is 0. The maximum absolute atomic E-state index is 13.4. The van der Waals surface area contributed by atoms with Crippen molar-refractivity contribution >= 4 is 23.9 Å². The van der Waals surface area contributed by atoms with E-state index >= 15 is 0 Å². The number of hydrogen-bond acceptors (Lipinski definition) is 10. The van der Waals surface area contributed by atoms with Gasteiger partial charge in [-0.3, -0.25) is 19.2 Å². The van der Waals surface area contributed by atoms with Gasteiger partial charge in [-0.05, 0) is 11.1 Å². The van der Waals surface area contributed by atoms with Gasteiger partial charge in [-0.2, -0.15) is 0 Å². The summed E-state index contributed by atoms with van der Waals surface area (Å²) in [5.74, 6) is -3.39. The molecule has 3 rings (SSSR count). The number of methoxy groups -OCH3 is 1. The van der Waals surface area contributed by atoms with Crippen molar-refractivity contribution in [2.24, 2.45) is 0 Å². The molecular formula is C27H30O10. The van der Waals surface area contributed by atoms with E-state index in [1.807, 2.05) is 60.7 Å². The monoisotopic (exact) mass is 514 g/mol. The van der Waals surface area contributed by atoms with Gasteiger partial charge in [0.15, 0.2) is 24.6 Å². The van der Waals surface area contributed by atoms with Gasteiger partial charge in [0, 0.05) is 27.9 Å². The molecule has 2 aromatic rings. The van der Waals surface area contributed by atoms with Gasteiger partial charge in [0.2, 0.25) is 0 Å². The van der Waals surface area contributed by atoms with Crippen LogP contribution in [0.15, 0.2) is 60.7 Å². The lowest BCUT2D eigenvalue weighted by Gasteiger charge is -2.43. The highest BCUT2D eigenvalue weighted by molar-refractivity contribution is 5.82. The Hall–Kier alpha value is -3.76. The average Bonchev–Trinajstić information content (AvgIpc) is 2.86. The lowest BCUT2D eigenvalue weighted by Crippen LogP contribution is -2.62. The lowest BCUT2D eigenvalue weighted by molar-refractivity contribution is -0.302. The largest absolute Gasteiger partial charge is 0.462 e. The Bertz CT molecular complexity index is 1030. The number of carbonyl (C=O) groups excluding carboxylic acids is 4. The third-order valence-electron chi connectivity index (χ3n) is 5.62. The van der Waals surface area contributed by atoms with Crippen molar-refractivity contribution in [2.45, 2.75) is 57.4 Å². The highest BCUT2D eigenvalue weighted by atomic mass is 16.7. The number of benzene rings is 2. The van der Waals surface area contributed by atoms with E-state index in [4.69, 9.17) is 28.4 Å². The average molecular weight is 515 g/mol. The molecule has 0 spiro atoms. The van der Waals surface area contributed by atoms with Crippen molar-refractivity contribution in [1.82, 2.24) is 0 Å². The Morgan fingerprint density at radius 3 is 1.65 bits per heavy atom. The number of ether oxygens (including phenoxy) is 6. The van der Waals surface area contributed by atoms with Crippen molar-refractivity contribution in [1.29, 1.82) is 0 Å². The van der Waals surface area contributed by atoms with Crippen LogP contribution in [0.1, 0.15) is 37.8 Å². The molecule has 1 saturated heterocycles. The Balaban J connectivity index is 1.88. The molecule has 37 heavy (non-hydrogen) atoms. The molecule has 0 saturated carbocycles. The number of esters is 4. The van der Waals surface area contributed by atoms with Crippen molar-refractivity contribution in [3.63, 3.8) is 0 Å².